The summed E-state index contributed by atoms with van der Waals surface area (Å²) in [4.78, 5) is 19.6. The number of benzene rings is 1. The average Bonchev–Trinajstić information content (AvgIpc) is 2.42. The second kappa shape index (κ2) is 6.04. The molecule has 0 fully saturated rings. The molecule has 0 radical (unpaired) electrons. The summed E-state index contributed by atoms with van der Waals surface area (Å²) in [6.07, 6.45) is 2.16. The van der Waals surface area contributed by atoms with Gasteiger partial charge < -0.3 is 4.98 Å². The number of rotatable bonds is 4. The van der Waals surface area contributed by atoms with Crippen LogP contribution in [0.4, 0.5) is 0 Å². The van der Waals surface area contributed by atoms with Crippen molar-refractivity contribution >= 4 is 0 Å². The first-order chi connectivity index (χ1) is 9.52. The van der Waals surface area contributed by atoms with Gasteiger partial charge in [-0.25, -0.2) is 4.98 Å². The maximum Gasteiger partial charge on any atom is 0.254 e. The fourth-order valence-corrected chi connectivity index (χ4v) is 2.27. The first-order valence-electron chi connectivity index (χ1n) is 7.23. The SMILES string of the molecule is CCCc1cccc(-c2nc(C(C)C)[nH]c(=O)c2C)c1. The van der Waals surface area contributed by atoms with Gasteiger partial charge in [0.25, 0.3) is 5.56 Å². The molecule has 0 unspecified atom stereocenters. The fraction of sp³-hybridized carbons (Fsp3) is 0.412. The van der Waals surface area contributed by atoms with E-state index >= 15 is 0 Å². The highest BCUT2D eigenvalue weighted by Crippen LogP contribution is 2.22. The van der Waals surface area contributed by atoms with Crippen molar-refractivity contribution < 1.29 is 0 Å². The van der Waals surface area contributed by atoms with Crippen LogP contribution in [0, 0.1) is 6.92 Å². The van der Waals surface area contributed by atoms with E-state index in [2.05, 4.69) is 29.0 Å². The van der Waals surface area contributed by atoms with Crippen molar-refractivity contribution in [2.24, 2.45) is 0 Å². The van der Waals surface area contributed by atoms with E-state index in [-0.39, 0.29) is 11.5 Å². The van der Waals surface area contributed by atoms with Crippen molar-refractivity contribution in [1.82, 2.24) is 9.97 Å². The van der Waals surface area contributed by atoms with E-state index in [0.717, 1.165) is 29.9 Å². The molecule has 0 aliphatic rings. The lowest BCUT2D eigenvalue weighted by Gasteiger charge is -2.11. The summed E-state index contributed by atoms with van der Waals surface area (Å²) in [5.41, 5.74) is 3.76. The Balaban J connectivity index is 2.56. The quantitative estimate of drug-likeness (QED) is 0.918. The Morgan fingerprint density at radius 1 is 1.30 bits per heavy atom. The summed E-state index contributed by atoms with van der Waals surface area (Å²) in [6.45, 7) is 8.06. The Labute approximate surface area is 120 Å². The lowest BCUT2D eigenvalue weighted by atomic mass is 10.0. The van der Waals surface area contributed by atoms with Crippen LogP contribution >= 0.6 is 0 Å². The van der Waals surface area contributed by atoms with Gasteiger partial charge in [-0.2, -0.15) is 0 Å². The molecular formula is C17H22N2O. The standard InChI is InChI=1S/C17H22N2O/c1-5-7-13-8-6-9-14(10-13)15-12(4)17(20)19-16(18-15)11(2)3/h6,8-11H,5,7H2,1-4H3,(H,18,19,20). The molecule has 0 saturated heterocycles. The molecule has 3 nitrogen and oxygen atoms in total. The maximum absolute atomic E-state index is 12.1. The van der Waals surface area contributed by atoms with Crippen molar-refractivity contribution in [3.63, 3.8) is 0 Å². The molecule has 0 saturated carbocycles. The molecule has 1 heterocycles. The van der Waals surface area contributed by atoms with Crippen molar-refractivity contribution in [2.45, 2.75) is 46.5 Å². The highest BCUT2D eigenvalue weighted by Gasteiger charge is 2.12. The Morgan fingerprint density at radius 2 is 2.05 bits per heavy atom. The van der Waals surface area contributed by atoms with Crippen molar-refractivity contribution in [1.29, 1.82) is 0 Å². The summed E-state index contributed by atoms with van der Waals surface area (Å²) >= 11 is 0. The number of H-pyrrole nitrogens is 1. The fourth-order valence-electron chi connectivity index (χ4n) is 2.27. The number of hydrogen-bond donors (Lipinski definition) is 1. The minimum absolute atomic E-state index is 0.0420. The van der Waals surface area contributed by atoms with Crippen LogP contribution in [-0.4, -0.2) is 9.97 Å². The highest BCUT2D eigenvalue weighted by atomic mass is 16.1. The van der Waals surface area contributed by atoms with E-state index in [1.807, 2.05) is 32.9 Å². The van der Waals surface area contributed by atoms with Crippen molar-refractivity contribution in [3.05, 3.63) is 51.6 Å². The number of aryl methyl sites for hydroxylation is 1. The maximum atomic E-state index is 12.1. The molecule has 0 bridgehead atoms. The third kappa shape index (κ3) is 2.98. The second-order valence-electron chi connectivity index (χ2n) is 5.53. The predicted molar refractivity (Wildman–Crippen MR) is 83.1 cm³/mol. The monoisotopic (exact) mass is 270 g/mol. The molecule has 1 aromatic heterocycles. The van der Waals surface area contributed by atoms with Crippen LogP contribution in [-0.2, 0) is 6.42 Å². The van der Waals surface area contributed by atoms with Crippen LogP contribution in [0.2, 0.25) is 0 Å². The molecule has 0 amide bonds. The van der Waals surface area contributed by atoms with Gasteiger partial charge in [-0.05, 0) is 25.0 Å². The minimum Gasteiger partial charge on any atom is -0.310 e. The zero-order valence-electron chi connectivity index (χ0n) is 12.7. The zero-order chi connectivity index (χ0) is 14.7. The van der Waals surface area contributed by atoms with Gasteiger partial charge in [0, 0.05) is 17.0 Å². The second-order valence-corrected chi connectivity index (χ2v) is 5.53. The van der Waals surface area contributed by atoms with Gasteiger partial charge in [-0.15, -0.1) is 0 Å². The van der Waals surface area contributed by atoms with Crippen LogP contribution in [0.5, 0.6) is 0 Å². The molecule has 0 aliphatic heterocycles. The third-order valence-corrected chi connectivity index (χ3v) is 3.46. The molecule has 0 atom stereocenters. The number of hydrogen-bond acceptors (Lipinski definition) is 2. The van der Waals surface area contributed by atoms with Crippen molar-refractivity contribution in [3.8, 4) is 11.3 Å². The van der Waals surface area contributed by atoms with E-state index in [9.17, 15) is 4.79 Å². The molecule has 0 spiro atoms. The Hall–Kier alpha value is -1.90. The van der Waals surface area contributed by atoms with E-state index in [0.29, 0.717) is 5.56 Å². The number of aromatic amines is 1. The molecular weight excluding hydrogens is 248 g/mol. The molecule has 0 aliphatic carbocycles. The van der Waals surface area contributed by atoms with Gasteiger partial charge in [-0.1, -0.05) is 45.4 Å². The highest BCUT2D eigenvalue weighted by molar-refractivity contribution is 5.63. The van der Waals surface area contributed by atoms with Crippen molar-refractivity contribution in [2.75, 3.05) is 0 Å². The average molecular weight is 270 g/mol. The number of nitrogens with zero attached hydrogens (tertiary/aromatic N) is 1. The normalized spacial score (nSPS) is 11.1. The van der Waals surface area contributed by atoms with Crippen LogP contribution in [0.25, 0.3) is 11.3 Å². The van der Waals surface area contributed by atoms with Gasteiger partial charge >= 0.3 is 0 Å². The largest absolute Gasteiger partial charge is 0.310 e. The van der Waals surface area contributed by atoms with Gasteiger partial charge in [0.1, 0.15) is 5.82 Å². The molecule has 2 aromatic rings. The lowest BCUT2D eigenvalue weighted by molar-refractivity contribution is 0.765. The van der Waals surface area contributed by atoms with E-state index in [1.165, 1.54) is 5.56 Å². The zero-order valence-corrected chi connectivity index (χ0v) is 12.7. The Kier molecular flexibility index (Phi) is 4.38. The lowest BCUT2D eigenvalue weighted by Crippen LogP contribution is -2.16. The van der Waals surface area contributed by atoms with E-state index in [4.69, 9.17) is 0 Å². The third-order valence-electron chi connectivity index (χ3n) is 3.46. The molecule has 3 heteroatoms. The predicted octanol–water partition coefficient (Wildman–Crippen LogP) is 3.82. The Morgan fingerprint density at radius 3 is 2.70 bits per heavy atom. The summed E-state index contributed by atoms with van der Waals surface area (Å²) < 4.78 is 0. The number of aromatic nitrogens is 2. The summed E-state index contributed by atoms with van der Waals surface area (Å²) in [5, 5.41) is 0. The van der Waals surface area contributed by atoms with Gasteiger partial charge in [0.05, 0.1) is 5.69 Å². The van der Waals surface area contributed by atoms with Crippen LogP contribution in [0.1, 0.15) is 50.1 Å². The smallest absolute Gasteiger partial charge is 0.254 e. The summed E-state index contributed by atoms with van der Waals surface area (Å²) in [7, 11) is 0. The van der Waals surface area contributed by atoms with Gasteiger partial charge in [0.15, 0.2) is 0 Å². The topological polar surface area (TPSA) is 45.8 Å². The van der Waals surface area contributed by atoms with Crippen LogP contribution < -0.4 is 5.56 Å². The molecule has 1 N–H and O–H groups in total. The first kappa shape index (κ1) is 14.5. The number of nitrogens with one attached hydrogen (secondary N) is 1. The van der Waals surface area contributed by atoms with Crippen LogP contribution in [0.15, 0.2) is 29.1 Å². The van der Waals surface area contributed by atoms with Gasteiger partial charge in [0.2, 0.25) is 0 Å². The molecule has 1 aromatic carbocycles. The first-order valence-corrected chi connectivity index (χ1v) is 7.23. The Bertz CT molecular complexity index is 656. The summed E-state index contributed by atoms with van der Waals surface area (Å²) in [6, 6.07) is 8.33. The van der Waals surface area contributed by atoms with Crippen LogP contribution in [0.3, 0.4) is 0 Å². The molecule has 106 valence electrons. The summed E-state index contributed by atoms with van der Waals surface area (Å²) in [5.74, 6) is 0.956. The minimum atomic E-state index is -0.0420. The van der Waals surface area contributed by atoms with Gasteiger partial charge in [-0.3, -0.25) is 4.79 Å². The molecule has 20 heavy (non-hydrogen) atoms. The van der Waals surface area contributed by atoms with E-state index in [1.54, 1.807) is 0 Å². The molecule has 2 rings (SSSR count). The van der Waals surface area contributed by atoms with E-state index < -0.39 is 0 Å².